The van der Waals surface area contributed by atoms with E-state index in [2.05, 4.69) is 14.7 Å². The third-order valence-corrected chi connectivity index (χ3v) is 3.06. The van der Waals surface area contributed by atoms with E-state index in [0.29, 0.717) is 0 Å². The summed E-state index contributed by atoms with van der Waals surface area (Å²) in [6, 6.07) is 0. The Bertz CT molecular complexity index is 421. The maximum atomic E-state index is 11.4. The lowest BCUT2D eigenvalue weighted by Gasteiger charge is -2.28. The van der Waals surface area contributed by atoms with Crippen molar-refractivity contribution >= 4 is 33.1 Å². The van der Waals surface area contributed by atoms with Gasteiger partial charge in [0.2, 0.25) is 11.3 Å². The number of nitrogens with one attached hydrogen (secondary N) is 1. The molecular weight excluding hydrogens is 240 g/mol. The highest BCUT2D eigenvalue weighted by Crippen LogP contribution is 2.11. The summed E-state index contributed by atoms with van der Waals surface area (Å²) in [5.74, 6) is 0.169. The van der Waals surface area contributed by atoms with E-state index in [1.54, 1.807) is 0 Å². The Kier molecular flexibility index (Phi) is 2.97. The molecule has 0 fully saturated rings. The fourth-order valence-corrected chi connectivity index (χ4v) is 1.89. The second-order valence-corrected chi connectivity index (χ2v) is 6.08. The van der Waals surface area contributed by atoms with E-state index in [1.807, 2.05) is 20.8 Å². The average Bonchev–Trinajstić information content (AvgIpc) is 1.95. The van der Waals surface area contributed by atoms with Gasteiger partial charge in [-0.3, -0.25) is 0 Å². The molecule has 0 aromatic heterocycles. The van der Waals surface area contributed by atoms with Gasteiger partial charge >= 0.3 is 10.2 Å². The highest BCUT2D eigenvalue weighted by atomic mass is 35.5. The molecule has 15 heavy (non-hydrogen) atoms. The molecule has 0 bridgehead atoms. The number of guanidine groups is 1. The molecule has 0 aliphatic carbocycles. The molecule has 0 unspecified atom stereocenters. The second kappa shape index (κ2) is 3.64. The van der Waals surface area contributed by atoms with Gasteiger partial charge in [0.15, 0.2) is 0 Å². The molecule has 0 saturated heterocycles. The van der Waals surface area contributed by atoms with Gasteiger partial charge in [0.25, 0.3) is 0 Å². The molecule has 0 spiro atoms. The van der Waals surface area contributed by atoms with Crippen molar-refractivity contribution in [3.63, 3.8) is 0 Å². The molecule has 0 amide bonds. The molecule has 6 nitrogen and oxygen atoms in total. The van der Waals surface area contributed by atoms with Gasteiger partial charge in [0.1, 0.15) is 0 Å². The summed E-state index contributed by atoms with van der Waals surface area (Å²) in [6.45, 7) is 5.65. The van der Waals surface area contributed by atoms with E-state index >= 15 is 0 Å². The smallest absolute Gasteiger partial charge is 0.349 e. The van der Waals surface area contributed by atoms with Crippen molar-refractivity contribution in [2.45, 2.75) is 26.3 Å². The third-order valence-electron chi connectivity index (χ3n) is 1.52. The Labute approximate surface area is 94.2 Å². The molecule has 0 radical (unpaired) electrons. The topological polar surface area (TPSA) is 74.1 Å². The van der Waals surface area contributed by atoms with Crippen LogP contribution in [0.5, 0.6) is 0 Å². The Hall–Kier alpha value is -0.820. The maximum absolute atomic E-state index is 11.4. The van der Waals surface area contributed by atoms with Gasteiger partial charge in [-0.25, -0.2) is 4.31 Å². The van der Waals surface area contributed by atoms with Gasteiger partial charge in [-0.05, 0) is 32.4 Å². The van der Waals surface area contributed by atoms with E-state index in [1.165, 1.54) is 7.05 Å². The number of halogens is 1. The molecule has 0 aromatic carbocycles. The van der Waals surface area contributed by atoms with Crippen molar-refractivity contribution in [3.05, 3.63) is 0 Å². The largest absolute Gasteiger partial charge is 0.350 e. The van der Waals surface area contributed by atoms with Crippen LogP contribution in [0.3, 0.4) is 0 Å². The fourth-order valence-electron chi connectivity index (χ4n) is 0.886. The molecule has 1 aliphatic heterocycles. The summed E-state index contributed by atoms with van der Waals surface area (Å²) >= 11 is 5.51. The molecule has 0 saturated carbocycles. The van der Waals surface area contributed by atoms with Crippen LogP contribution < -0.4 is 5.32 Å². The van der Waals surface area contributed by atoms with E-state index in [9.17, 15) is 8.42 Å². The Morgan fingerprint density at radius 1 is 1.40 bits per heavy atom. The van der Waals surface area contributed by atoms with Crippen LogP contribution in [-0.4, -0.2) is 36.6 Å². The zero-order chi connectivity index (χ0) is 11.9. The minimum Gasteiger partial charge on any atom is -0.350 e. The highest BCUT2D eigenvalue weighted by Gasteiger charge is 2.28. The van der Waals surface area contributed by atoms with Crippen molar-refractivity contribution in [2.75, 3.05) is 7.05 Å². The van der Waals surface area contributed by atoms with Crippen molar-refractivity contribution in [2.24, 2.45) is 9.39 Å². The van der Waals surface area contributed by atoms with Gasteiger partial charge < -0.3 is 5.32 Å². The number of nitrogens with zero attached hydrogens (tertiary/aromatic N) is 3. The van der Waals surface area contributed by atoms with Gasteiger partial charge in [-0.1, -0.05) is 0 Å². The number of hydrogen-bond acceptors (Lipinski definition) is 4. The lowest BCUT2D eigenvalue weighted by atomic mass is 10.1. The van der Waals surface area contributed by atoms with Crippen LogP contribution in [0.4, 0.5) is 0 Å². The van der Waals surface area contributed by atoms with Crippen molar-refractivity contribution < 1.29 is 8.42 Å². The van der Waals surface area contributed by atoms with Crippen molar-refractivity contribution in [1.82, 2.24) is 9.62 Å². The molecule has 1 rings (SSSR count). The third kappa shape index (κ3) is 3.07. The Morgan fingerprint density at radius 3 is 2.40 bits per heavy atom. The molecule has 86 valence electrons. The van der Waals surface area contributed by atoms with Crippen molar-refractivity contribution in [1.29, 1.82) is 0 Å². The van der Waals surface area contributed by atoms with Crippen LogP contribution in [-0.2, 0) is 10.2 Å². The fraction of sp³-hybridized carbons (Fsp3) is 0.714. The Balaban J connectivity index is 3.05. The quantitative estimate of drug-likeness (QED) is 0.639. The van der Waals surface area contributed by atoms with E-state index in [4.69, 9.17) is 11.6 Å². The van der Waals surface area contributed by atoms with Gasteiger partial charge in [-0.2, -0.15) is 13.4 Å². The predicted molar refractivity (Wildman–Crippen MR) is 60.3 cm³/mol. The Morgan fingerprint density at radius 2 is 1.93 bits per heavy atom. The lowest BCUT2D eigenvalue weighted by molar-refractivity contribution is 0.480. The first-order chi connectivity index (χ1) is 6.62. The van der Waals surface area contributed by atoms with Crippen LogP contribution in [0, 0.1) is 0 Å². The normalized spacial score (nSPS) is 20.7. The maximum Gasteiger partial charge on any atom is 0.349 e. The van der Waals surface area contributed by atoms with Crippen LogP contribution in [0.1, 0.15) is 20.8 Å². The molecule has 0 aromatic rings. The van der Waals surface area contributed by atoms with E-state index in [-0.39, 0.29) is 16.8 Å². The monoisotopic (exact) mass is 252 g/mol. The van der Waals surface area contributed by atoms with Crippen LogP contribution in [0.15, 0.2) is 9.39 Å². The standard InChI is InChI=1S/C7H13ClN4O2S/c1-7(2,3)10-6-9-5(8)11-15(13,14)12(6)4/h1-4H3,(H,9,10,11). The van der Waals surface area contributed by atoms with Crippen LogP contribution in [0.25, 0.3) is 0 Å². The summed E-state index contributed by atoms with van der Waals surface area (Å²) in [5, 5.41) is 2.63. The summed E-state index contributed by atoms with van der Waals surface area (Å²) in [5.41, 5.74) is -0.308. The average molecular weight is 253 g/mol. The van der Waals surface area contributed by atoms with E-state index < -0.39 is 10.2 Å². The zero-order valence-corrected chi connectivity index (χ0v) is 10.5. The summed E-state index contributed by atoms with van der Waals surface area (Å²) < 4.78 is 27.0. The van der Waals surface area contributed by atoms with Gasteiger partial charge in [0, 0.05) is 12.6 Å². The summed E-state index contributed by atoms with van der Waals surface area (Å²) in [7, 11) is -2.38. The molecular formula is C7H13ClN4O2S. The highest BCUT2D eigenvalue weighted by molar-refractivity contribution is 7.88. The molecule has 1 heterocycles. The minimum atomic E-state index is -3.74. The first-order valence-corrected chi connectivity index (χ1v) is 6.00. The zero-order valence-electron chi connectivity index (χ0n) is 8.94. The van der Waals surface area contributed by atoms with Crippen LogP contribution >= 0.6 is 11.6 Å². The first kappa shape index (κ1) is 12.3. The summed E-state index contributed by atoms with van der Waals surface area (Å²) in [6.07, 6.45) is 0. The number of amidine groups is 1. The predicted octanol–water partition coefficient (Wildman–Crippen LogP) is 0.515. The van der Waals surface area contributed by atoms with Gasteiger partial charge in [0.05, 0.1) is 0 Å². The lowest BCUT2D eigenvalue weighted by Crippen LogP contribution is -2.51. The molecule has 0 atom stereocenters. The van der Waals surface area contributed by atoms with E-state index in [0.717, 1.165) is 4.31 Å². The number of aliphatic imine (C=N–C) groups is 1. The SMILES string of the molecule is CN1C(NC(C)(C)C)=NC(Cl)=NS1(=O)=O. The second-order valence-electron chi connectivity index (χ2n) is 4.12. The minimum absolute atomic E-state index is 0.169. The number of hydrogen-bond donors (Lipinski definition) is 1. The van der Waals surface area contributed by atoms with Gasteiger partial charge in [-0.15, -0.1) is 4.40 Å². The first-order valence-electron chi connectivity index (χ1n) is 4.23. The van der Waals surface area contributed by atoms with Crippen LogP contribution in [0.2, 0.25) is 0 Å². The summed E-state index contributed by atoms with van der Waals surface area (Å²) in [4.78, 5) is 3.81. The molecule has 8 heteroatoms. The van der Waals surface area contributed by atoms with Crippen molar-refractivity contribution in [3.8, 4) is 0 Å². The number of rotatable bonds is 0. The molecule has 1 N–H and O–H groups in total. The molecule has 1 aliphatic rings.